The molecule has 0 aromatic heterocycles. The fraction of sp³-hybridized carbons (Fsp3) is 0.818. The topological polar surface area (TPSA) is 0 Å². The summed E-state index contributed by atoms with van der Waals surface area (Å²) in [6, 6.07) is 0. The number of hydrogen-bond acceptors (Lipinski definition) is 0. The summed E-state index contributed by atoms with van der Waals surface area (Å²) in [5, 5.41) is 0. The summed E-state index contributed by atoms with van der Waals surface area (Å²) < 4.78 is 13.6. The van der Waals surface area contributed by atoms with E-state index < -0.39 is 5.67 Å². The van der Waals surface area contributed by atoms with E-state index in [0.717, 1.165) is 24.8 Å². The van der Waals surface area contributed by atoms with Crippen LogP contribution in [0.2, 0.25) is 0 Å². The first-order valence-electron chi connectivity index (χ1n) is 4.92. The molecule has 1 fully saturated rings. The molecule has 0 aliphatic heterocycles. The monoisotopic (exact) mass is 170 g/mol. The largest absolute Gasteiger partial charge is 0.244 e. The number of hydrogen-bond donors (Lipinski definition) is 0. The summed E-state index contributed by atoms with van der Waals surface area (Å²) in [5.41, 5.74) is 0.140. The maximum absolute atomic E-state index is 13.6. The van der Waals surface area contributed by atoms with Crippen LogP contribution in [0.3, 0.4) is 0 Å². The summed E-state index contributed by atoms with van der Waals surface area (Å²) in [6.45, 7) is 7.85. The van der Waals surface area contributed by atoms with Crippen molar-refractivity contribution in [2.24, 2.45) is 5.92 Å². The van der Waals surface area contributed by atoms with Crippen LogP contribution in [-0.4, -0.2) is 5.67 Å². The van der Waals surface area contributed by atoms with E-state index >= 15 is 0 Å². The predicted octanol–water partition coefficient (Wildman–Crippen LogP) is 3.87. The van der Waals surface area contributed by atoms with Crippen molar-refractivity contribution < 1.29 is 4.39 Å². The first kappa shape index (κ1) is 9.76. The molecular formula is C11H19F. The molecule has 0 aromatic rings. The van der Waals surface area contributed by atoms with E-state index in [1.54, 1.807) is 6.92 Å². The van der Waals surface area contributed by atoms with Crippen molar-refractivity contribution in [2.75, 3.05) is 0 Å². The second-order valence-corrected chi connectivity index (χ2v) is 4.25. The van der Waals surface area contributed by atoms with Gasteiger partial charge in [0.2, 0.25) is 0 Å². The molecule has 0 N–H and O–H groups in total. The van der Waals surface area contributed by atoms with Gasteiger partial charge in [-0.1, -0.05) is 19.1 Å². The molecule has 0 saturated heterocycles. The molecule has 1 aliphatic rings. The highest BCUT2D eigenvalue weighted by Gasteiger charge is 2.29. The molecule has 0 spiro atoms. The molecule has 2 unspecified atom stereocenters. The Morgan fingerprint density at radius 3 is 2.92 bits per heavy atom. The lowest BCUT2D eigenvalue weighted by Crippen LogP contribution is -2.17. The van der Waals surface area contributed by atoms with Crippen molar-refractivity contribution in [3.8, 4) is 0 Å². The van der Waals surface area contributed by atoms with Gasteiger partial charge in [0.05, 0.1) is 0 Å². The van der Waals surface area contributed by atoms with Gasteiger partial charge in [0.15, 0.2) is 0 Å². The fourth-order valence-corrected chi connectivity index (χ4v) is 2.12. The first-order valence-corrected chi connectivity index (χ1v) is 4.92. The van der Waals surface area contributed by atoms with Crippen LogP contribution in [0.1, 0.15) is 46.0 Å². The third-order valence-electron chi connectivity index (χ3n) is 2.92. The van der Waals surface area contributed by atoms with Gasteiger partial charge in [0, 0.05) is 6.42 Å². The lowest BCUT2D eigenvalue weighted by Gasteiger charge is -2.19. The third kappa shape index (κ3) is 2.33. The molecule has 2 atom stereocenters. The second kappa shape index (κ2) is 3.59. The van der Waals surface area contributed by atoms with Crippen molar-refractivity contribution >= 4 is 0 Å². The minimum absolute atomic E-state index is 0.572. The van der Waals surface area contributed by atoms with Gasteiger partial charge in [0.25, 0.3) is 0 Å². The van der Waals surface area contributed by atoms with Crippen LogP contribution < -0.4 is 0 Å². The summed E-state index contributed by atoms with van der Waals surface area (Å²) in [7, 11) is 0. The zero-order valence-electron chi connectivity index (χ0n) is 8.20. The zero-order chi connectivity index (χ0) is 9.19. The smallest absolute Gasteiger partial charge is 0.112 e. The molecule has 0 amide bonds. The normalized spacial score (nSPS) is 37.9. The minimum atomic E-state index is -0.985. The van der Waals surface area contributed by atoms with E-state index in [-0.39, 0.29) is 0 Å². The fourth-order valence-electron chi connectivity index (χ4n) is 2.12. The summed E-state index contributed by atoms with van der Waals surface area (Å²) in [6.07, 6.45) is 4.56. The quantitative estimate of drug-likeness (QED) is 0.414. The van der Waals surface area contributed by atoms with Gasteiger partial charge in [0.1, 0.15) is 5.67 Å². The Morgan fingerprint density at radius 1 is 1.67 bits per heavy atom. The van der Waals surface area contributed by atoms with Gasteiger partial charge in [-0.2, -0.15) is 0 Å². The van der Waals surface area contributed by atoms with E-state index in [2.05, 4.69) is 13.5 Å². The minimum Gasteiger partial charge on any atom is -0.244 e. The maximum Gasteiger partial charge on any atom is 0.112 e. The Hall–Kier alpha value is -0.330. The van der Waals surface area contributed by atoms with Crippen molar-refractivity contribution in [2.45, 2.75) is 51.6 Å². The van der Waals surface area contributed by atoms with Crippen LogP contribution in [-0.2, 0) is 0 Å². The molecule has 0 nitrogen and oxygen atoms in total. The molecule has 1 heteroatoms. The van der Waals surface area contributed by atoms with Crippen LogP contribution in [0.4, 0.5) is 4.39 Å². The van der Waals surface area contributed by atoms with Crippen LogP contribution in [0.25, 0.3) is 0 Å². The summed E-state index contributed by atoms with van der Waals surface area (Å²) in [4.78, 5) is 0. The molecule has 0 radical (unpaired) electrons. The highest BCUT2D eigenvalue weighted by Crippen LogP contribution is 2.36. The number of alkyl halides is 1. The summed E-state index contributed by atoms with van der Waals surface area (Å²) in [5.74, 6) is 0.572. The molecule has 1 rings (SSSR count). The molecule has 1 saturated carbocycles. The number of rotatable bonds is 1. The number of allylic oxidation sites excluding steroid dienone is 1. The average Bonchev–Trinajstić information content (AvgIpc) is 2.07. The third-order valence-corrected chi connectivity index (χ3v) is 2.92. The SMILES string of the molecule is C=C1CC(C)(F)CCCC1CC. The molecule has 70 valence electrons. The Balaban J connectivity index is 2.62. The van der Waals surface area contributed by atoms with Gasteiger partial charge >= 0.3 is 0 Å². The van der Waals surface area contributed by atoms with Crippen LogP contribution in [0.5, 0.6) is 0 Å². The van der Waals surface area contributed by atoms with Crippen molar-refractivity contribution in [3.63, 3.8) is 0 Å². The van der Waals surface area contributed by atoms with Crippen LogP contribution in [0.15, 0.2) is 12.2 Å². The molecule has 12 heavy (non-hydrogen) atoms. The Bertz CT molecular complexity index is 170. The van der Waals surface area contributed by atoms with Gasteiger partial charge in [-0.25, -0.2) is 4.39 Å². The van der Waals surface area contributed by atoms with E-state index in [0.29, 0.717) is 18.8 Å². The Morgan fingerprint density at radius 2 is 2.33 bits per heavy atom. The maximum atomic E-state index is 13.6. The lowest BCUT2D eigenvalue weighted by atomic mass is 9.91. The molecule has 1 aliphatic carbocycles. The predicted molar refractivity (Wildman–Crippen MR) is 50.9 cm³/mol. The van der Waals surface area contributed by atoms with E-state index in [9.17, 15) is 4.39 Å². The van der Waals surface area contributed by atoms with E-state index in [1.807, 2.05) is 0 Å². The van der Waals surface area contributed by atoms with Crippen molar-refractivity contribution in [3.05, 3.63) is 12.2 Å². The molecular weight excluding hydrogens is 151 g/mol. The zero-order valence-corrected chi connectivity index (χ0v) is 8.20. The van der Waals surface area contributed by atoms with Gasteiger partial charge in [-0.3, -0.25) is 0 Å². The second-order valence-electron chi connectivity index (χ2n) is 4.25. The van der Waals surface area contributed by atoms with Crippen LogP contribution in [0, 0.1) is 5.92 Å². The molecule has 0 aromatic carbocycles. The highest BCUT2D eigenvalue weighted by atomic mass is 19.1. The van der Waals surface area contributed by atoms with Crippen LogP contribution >= 0.6 is 0 Å². The lowest BCUT2D eigenvalue weighted by molar-refractivity contribution is 0.177. The summed E-state index contributed by atoms with van der Waals surface area (Å²) >= 11 is 0. The standard InChI is InChI=1S/C11H19F/c1-4-10-6-5-7-11(3,12)8-9(10)2/h10H,2,4-8H2,1,3H3. The molecule has 0 heterocycles. The van der Waals surface area contributed by atoms with E-state index in [1.165, 1.54) is 0 Å². The van der Waals surface area contributed by atoms with E-state index in [4.69, 9.17) is 0 Å². The van der Waals surface area contributed by atoms with Gasteiger partial charge in [-0.05, 0) is 38.5 Å². The Labute approximate surface area is 74.9 Å². The van der Waals surface area contributed by atoms with Crippen molar-refractivity contribution in [1.29, 1.82) is 0 Å². The molecule has 0 bridgehead atoms. The highest BCUT2D eigenvalue weighted by molar-refractivity contribution is 5.07. The Kier molecular flexibility index (Phi) is 2.92. The average molecular weight is 170 g/mol. The van der Waals surface area contributed by atoms with Gasteiger partial charge < -0.3 is 0 Å². The van der Waals surface area contributed by atoms with Gasteiger partial charge in [-0.15, -0.1) is 0 Å². The number of halogens is 1. The van der Waals surface area contributed by atoms with Crippen molar-refractivity contribution in [1.82, 2.24) is 0 Å². The first-order chi connectivity index (χ1) is 5.55.